The van der Waals surface area contributed by atoms with Crippen molar-refractivity contribution in [3.05, 3.63) is 0 Å². The summed E-state index contributed by atoms with van der Waals surface area (Å²) >= 11 is 7.12. The average Bonchev–Trinajstić information content (AvgIpc) is 2.04. The number of sulfone groups is 1. The van der Waals surface area contributed by atoms with Crippen LogP contribution in [0.3, 0.4) is 0 Å². The molecule has 0 spiro atoms. The summed E-state index contributed by atoms with van der Waals surface area (Å²) < 4.78 is 22.0. The predicted octanol–water partition coefficient (Wildman–Crippen LogP) is 1.78. The molecule has 0 heterocycles. The third-order valence-electron chi connectivity index (χ3n) is 1.40. The molecule has 5 heteroatoms. The Kier molecular flexibility index (Phi) is 7.38. The third-order valence-corrected chi connectivity index (χ3v) is 4.70. The zero-order chi connectivity index (χ0) is 9.45. The number of halogens is 1. The highest BCUT2D eigenvalue weighted by molar-refractivity contribution is 8.00. The molecule has 0 amide bonds. The second-order valence-corrected chi connectivity index (χ2v) is 6.47. The highest BCUT2D eigenvalue weighted by Gasteiger charge is 2.05. The van der Waals surface area contributed by atoms with Gasteiger partial charge in [-0.05, 0) is 12.2 Å². The van der Waals surface area contributed by atoms with Gasteiger partial charge in [0.2, 0.25) is 0 Å². The molecule has 0 atom stereocenters. The van der Waals surface area contributed by atoms with Crippen LogP contribution in [0.4, 0.5) is 0 Å². The van der Waals surface area contributed by atoms with E-state index in [0.717, 1.165) is 12.2 Å². The van der Waals surface area contributed by atoms with Crippen molar-refractivity contribution in [3.63, 3.8) is 0 Å². The monoisotopic (exact) mass is 230 g/mol. The van der Waals surface area contributed by atoms with Crippen molar-refractivity contribution in [3.8, 4) is 0 Å². The van der Waals surface area contributed by atoms with E-state index in [0.29, 0.717) is 17.4 Å². The minimum Gasteiger partial charge on any atom is -0.229 e. The number of thioether (sulfide) groups is 1. The zero-order valence-corrected chi connectivity index (χ0v) is 9.64. The number of alkyl halides is 1. The van der Waals surface area contributed by atoms with Crippen LogP contribution in [0.1, 0.15) is 13.3 Å². The molecule has 0 aliphatic carbocycles. The lowest BCUT2D eigenvalue weighted by molar-refractivity contribution is 0.599. The first-order chi connectivity index (χ1) is 5.62. The molecule has 0 aliphatic heterocycles. The predicted molar refractivity (Wildman–Crippen MR) is 57.0 cm³/mol. The molecule has 0 saturated heterocycles. The van der Waals surface area contributed by atoms with Gasteiger partial charge in [0, 0.05) is 17.4 Å². The summed E-state index contributed by atoms with van der Waals surface area (Å²) in [6, 6.07) is 0. The molecule has 2 nitrogen and oxygen atoms in total. The van der Waals surface area contributed by atoms with Crippen LogP contribution in [-0.4, -0.2) is 37.3 Å². The minimum absolute atomic E-state index is 0.253. The largest absolute Gasteiger partial charge is 0.229 e. The molecular weight excluding hydrogens is 216 g/mol. The van der Waals surface area contributed by atoms with Gasteiger partial charge in [-0.3, -0.25) is 0 Å². The smallest absolute Gasteiger partial charge is 0.150 e. The average molecular weight is 231 g/mol. The van der Waals surface area contributed by atoms with E-state index in [2.05, 4.69) is 0 Å². The van der Waals surface area contributed by atoms with E-state index >= 15 is 0 Å². The molecule has 12 heavy (non-hydrogen) atoms. The van der Waals surface area contributed by atoms with Crippen LogP contribution in [0.5, 0.6) is 0 Å². The Bertz CT molecular complexity index is 190. The van der Waals surface area contributed by atoms with Crippen molar-refractivity contribution in [1.29, 1.82) is 0 Å². The Labute approximate surface area is 84.0 Å². The first-order valence-corrected chi connectivity index (χ1v) is 7.47. The molecule has 0 N–H and O–H groups in total. The van der Waals surface area contributed by atoms with E-state index in [1.807, 2.05) is 0 Å². The van der Waals surface area contributed by atoms with Gasteiger partial charge in [0.1, 0.15) is 0 Å². The van der Waals surface area contributed by atoms with Crippen LogP contribution >= 0.6 is 23.4 Å². The first-order valence-electron chi connectivity index (χ1n) is 3.96. The van der Waals surface area contributed by atoms with Crippen LogP contribution < -0.4 is 0 Å². The topological polar surface area (TPSA) is 34.1 Å². The fourth-order valence-corrected chi connectivity index (χ4v) is 3.21. The van der Waals surface area contributed by atoms with Crippen LogP contribution in [0, 0.1) is 0 Å². The lowest BCUT2D eigenvalue weighted by Crippen LogP contribution is -2.10. The number of hydrogen-bond donors (Lipinski definition) is 0. The summed E-state index contributed by atoms with van der Waals surface area (Å²) in [6.45, 7) is 1.68. The summed E-state index contributed by atoms with van der Waals surface area (Å²) in [5, 5.41) is 0. The molecule has 0 saturated carbocycles. The Morgan fingerprint density at radius 3 is 2.50 bits per heavy atom. The minimum atomic E-state index is -2.76. The third kappa shape index (κ3) is 7.25. The second kappa shape index (κ2) is 7.04. The maximum Gasteiger partial charge on any atom is 0.150 e. The number of hydrogen-bond acceptors (Lipinski definition) is 3. The van der Waals surface area contributed by atoms with Gasteiger partial charge in [-0.2, -0.15) is 11.8 Å². The van der Waals surface area contributed by atoms with Gasteiger partial charge in [-0.15, -0.1) is 11.6 Å². The van der Waals surface area contributed by atoms with E-state index in [9.17, 15) is 8.42 Å². The maximum absolute atomic E-state index is 11.0. The molecule has 0 aromatic rings. The van der Waals surface area contributed by atoms with Gasteiger partial charge < -0.3 is 0 Å². The molecule has 0 bridgehead atoms. The maximum atomic E-state index is 11.0. The lowest BCUT2D eigenvalue weighted by Gasteiger charge is -2.00. The normalized spacial score (nSPS) is 11.8. The molecule has 0 aliphatic rings. The Balaban J connectivity index is 3.32. The van der Waals surface area contributed by atoms with E-state index in [-0.39, 0.29) is 5.75 Å². The molecule has 74 valence electrons. The second-order valence-electron chi connectivity index (χ2n) is 2.39. The summed E-state index contributed by atoms with van der Waals surface area (Å²) in [5.41, 5.74) is 0. The van der Waals surface area contributed by atoms with E-state index < -0.39 is 9.84 Å². The van der Waals surface area contributed by atoms with Crippen molar-refractivity contribution in [2.75, 3.05) is 28.9 Å². The zero-order valence-electron chi connectivity index (χ0n) is 7.25. The summed E-state index contributed by atoms with van der Waals surface area (Å²) in [6.07, 6.45) is 0.957. The van der Waals surface area contributed by atoms with Crippen LogP contribution in [-0.2, 0) is 9.84 Å². The SMILES string of the molecule is CCS(=O)(=O)CCSCCCCl. The standard InChI is InChI=1S/C7H15ClO2S2/c1-2-12(9,10)7-6-11-5-3-4-8/h2-7H2,1H3. The summed E-state index contributed by atoms with van der Waals surface area (Å²) in [7, 11) is -2.76. The highest BCUT2D eigenvalue weighted by Crippen LogP contribution is 2.04. The lowest BCUT2D eigenvalue weighted by atomic mass is 10.6. The van der Waals surface area contributed by atoms with Gasteiger partial charge in [0.25, 0.3) is 0 Å². The first kappa shape index (κ1) is 12.6. The van der Waals surface area contributed by atoms with Crippen molar-refractivity contribution in [1.82, 2.24) is 0 Å². The summed E-state index contributed by atoms with van der Waals surface area (Å²) in [4.78, 5) is 0. The van der Waals surface area contributed by atoms with Gasteiger partial charge in [0.15, 0.2) is 9.84 Å². The Morgan fingerprint density at radius 2 is 2.00 bits per heavy atom. The van der Waals surface area contributed by atoms with Gasteiger partial charge >= 0.3 is 0 Å². The molecule has 0 aromatic carbocycles. The highest BCUT2D eigenvalue weighted by atomic mass is 35.5. The van der Waals surface area contributed by atoms with E-state index in [1.165, 1.54) is 0 Å². The molecule has 0 unspecified atom stereocenters. The molecular formula is C7H15ClO2S2. The van der Waals surface area contributed by atoms with E-state index in [4.69, 9.17) is 11.6 Å². The van der Waals surface area contributed by atoms with Gasteiger partial charge in [-0.1, -0.05) is 6.92 Å². The van der Waals surface area contributed by atoms with Crippen molar-refractivity contribution in [2.45, 2.75) is 13.3 Å². The van der Waals surface area contributed by atoms with Gasteiger partial charge in [0.05, 0.1) is 5.75 Å². The number of rotatable bonds is 7. The van der Waals surface area contributed by atoms with Crippen LogP contribution in [0.15, 0.2) is 0 Å². The summed E-state index contributed by atoms with van der Waals surface area (Å²) in [5.74, 6) is 2.88. The van der Waals surface area contributed by atoms with Crippen molar-refractivity contribution < 1.29 is 8.42 Å². The van der Waals surface area contributed by atoms with Crippen molar-refractivity contribution in [2.24, 2.45) is 0 Å². The molecule has 0 aromatic heterocycles. The Morgan fingerprint density at radius 1 is 1.33 bits per heavy atom. The molecule has 0 rings (SSSR count). The van der Waals surface area contributed by atoms with E-state index in [1.54, 1.807) is 18.7 Å². The van der Waals surface area contributed by atoms with Crippen molar-refractivity contribution >= 4 is 33.2 Å². The quantitative estimate of drug-likeness (QED) is 0.494. The van der Waals surface area contributed by atoms with Crippen LogP contribution in [0.25, 0.3) is 0 Å². The molecule has 0 fully saturated rings. The van der Waals surface area contributed by atoms with Gasteiger partial charge in [-0.25, -0.2) is 8.42 Å². The molecule has 0 radical (unpaired) electrons. The fourth-order valence-electron chi connectivity index (χ4n) is 0.589. The fraction of sp³-hybridized carbons (Fsp3) is 1.00. The Hall–Kier alpha value is 0.590. The van der Waals surface area contributed by atoms with Crippen LogP contribution in [0.2, 0.25) is 0 Å².